The number of fused-ring (bicyclic) bond motifs is 10. The fraction of sp³-hybridized carbons (Fsp3) is 0. The molecular weight excluding hydrogens is 868 g/mol. The topological polar surface area (TPSA) is 61.4 Å². The molecule has 6 aromatic heterocycles. The van der Waals surface area contributed by atoms with Gasteiger partial charge in [-0.1, -0.05) is 123 Å². The highest BCUT2D eigenvalue weighted by Crippen LogP contribution is 2.41. The molecule has 12 aromatic rings. The van der Waals surface area contributed by atoms with Crippen molar-refractivity contribution in [1.82, 2.24) is 29.1 Å². The molecule has 8 heteroatoms. The molecule has 6 aromatic carbocycles. The molecule has 12 rings (SSSR count). The summed E-state index contributed by atoms with van der Waals surface area (Å²) in [4.78, 5) is 18.1. The highest BCUT2D eigenvalue weighted by Gasteiger charge is 2.18. The molecule has 0 radical (unpaired) electrons. The van der Waals surface area contributed by atoms with E-state index in [1.54, 1.807) is 12.4 Å². The Hall–Kier alpha value is -7.00. The van der Waals surface area contributed by atoms with Crippen LogP contribution in [0.5, 0.6) is 0 Å². The summed E-state index contributed by atoms with van der Waals surface area (Å²) in [5.41, 5.74) is 8.89. The summed E-state index contributed by atoms with van der Waals surface area (Å²) in [5, 5.41) is 9.72. The first kappa shape index (κ1) is 36.1. The number of hydrogen-bond acceptors (Lipinski definition) is 4. The Labute approximate surface area is 361 Å². The van der Waals surface area contributed by atoms with Crippen LogP contribution < -0.4 is 0 Å². The van der Waals surface area contributed by atoms with Gasteiger partial charge >= 0.3 is 0 Å². The van der Waals surface area contributed by atoms with E-state index in [9.17, 15) is 0 Å². The molecule has 0 atom stereocenters. The van der Waals surface area contributed by atoms with Crippen LogP contribution in [-0.2, 0) is 0 Å². The molecule has 0 aliphatic heterocycles. The van der Waals surface area contributed by atoms with E-state index < -0.39 is 0 Å². The van der Waals surface area contributed by atoms with Crippen molar-refractivity contribution in [3.63, 3.8) is 0 Å². The Morgan fingerprint density at radius 2 is 0.917 bits per heavy atom. The van der Waals surface area contributed by atoms with Crippen LogP contribution in [0.4, 0.5) is 0 Å². The second-order valence-electron chi connectivity index (χ2n) is 14.6. The molecule has 0 N–H and O–H groups in total. The Kier molecular flexibility index (Phi) is 9.02. The van der Waals surface area contributed by atoms with Gasteiger partial charge in [-0.15, -0.1) is 0 Å². The Bertz CT molecular complexity index is 3550. The van der Waals surface area contributed by atoms with Crippen LogP contribution >= 0.6 is 31.9 Å². The van der Waals surface area contributed by atoms with Crippen molar-refractivity contribution in [3.8, 4) is 33.9 Å². The monoisotopic (exact) mass is 898 g/mol. The Morgan fingerprint density at radius 1 is 0.367 bits per heavy atom. The maximum Gasteiger partial charge on any atom is 0.137 e. The number of halogens is 2. The molecule has 0 aliphatic rings. The summed E-state index contributed by atoms with van der Waals surface area (Å²) < 4.78 is 6.69. The van der Waals surface area contributed by atoms with Crippen LogP contribution in [0, 0.1) is 0 Å². The minimum Gasteiger partial charge on any atom is -0.293 e. The quantitative estimate of drug-likeness (QED) is 0.177. The molecule has 0 saturated heterocycles. The van der Waals surface area contributed by atoms with Gasteiger partial charge in [0.1, 0.15) is 11.6 Å². The first-order valence-electron chi connectivity index (χ1n) is 19.6. The fourth-order valence-corrected chi connectivity index (χ4v) is 9.39. The summed E-state index contributed by atoms with van der Waals surface area (Å²) in [6.45, 7) is 0. The molecule has 6 heterocycles. The normalized spacial score (nSPS) is 11.5. The van der Waals surface area contributed by atoms with Crippen molar-refractivity contribution >= 4 is 97.0 Å². The van der Waals surface area contributed by atoms with Gasteiger partial charge in [0.05, 0.1) is 22.1 Å². The van der Waals surface area contributed by atoms with Crippen molar-refractivity contribution in [2.45, 2.75) is 0 Å². The lowest BCUT2D eigenvalue weighted by molar-refractivity contribution is 1.08. The third kappa shape index (κ3) is 6.15. The van der Waals surface area contributed by atoms with E-state index in [1.807, 2.05) is 43.0 Å². The minimum absolute atomic E-state index is 0.891. The van der Waals surface area contributed by atoms with Gasteiger partial charge in [-0.05, 0) is 77.5 Å². The third-order valence-corrected chi connectivity index (χ3v) is 12.3. The molecule has 6 nitrogen and oxygen atoms in total. The summed E-state index contributed by atoms with van der Waals surface area (Å²) >= 11 is 7.43. The fourth-order valence-electron chi connectivity index (χ4n) is 8.45. The molecule has 0 unspecified atom stereocenters. The van der Waals surface area contributed by atoms with Crippen LogP contribution in [0.3, 0.4) is 0 Å². The number of hydrogen-bond donors (Lipinski definition) is 0. The summed E-state index contributed by atoms with van der Waals surface area (Å²) in [6.07, 6.45) is 11.1. The van der Waals surface area contributed by atoms with E-state index in [0.29, 0.717) is 0 Å². The van der Waals surface area contributed by atoms with Crippen LogP contribution in [0.1, 0.15) is 0 Å². The van der Waals surface area contributed by atoms with Gasteiger partial charge in [0.2, 0.25) is 0 Å². The molecule has 0 saturated carbocycles. The van der Waals surface area contributed by atoms with Crippen LogP contribution in [-0.4, -0.2) is 29.1 Å². The van der Waals surface area contributed by atoms with E-state index in [1.165, 1.54) is 54.1 Å². The highest BCUT2D eigenvalue weighted by atomic mass is 79.9. The molecule has 0 amide bonds. The second kappa shape index (κ2) is 15.0. The van der Waals surface area contributed by atoms with E-state index in [-0.39, 0.29) is 0 Å². The third-order valence-electron chi connectivity index (χ3n) is 11.2. The molecule has 0 bridgehead atoms. The molecule has 0 spiro atoms. The van der Waals surface area contributed by atoms with Gasteiger partial charge in [0, 0.05) is 101 Å². The standard InChI is InChI=1S/C26H15Br2N3.C26H17N3/c27-18-8-9-24-21(12-18)22-13-23(28)19-5-1-2-6-20(19)26(22)31(24)25-10-7-17(15-30-25)16-4-3-11-29-14-16;1-2-8-21-18(6-1)11-13-23-22-9-3-4-10-24(22)29(26(21)23)25-14-12-20(17-28-25)19-7-5-15-27-16-19/h1-15H;1-17H. The zero-order chi connectivity index (χ0) is 40.2. The van der Waals surface area contributed by atoms with Crippen molar-refractivity contribution in [2.75, 3.05) is 0 Å². The minimum atomic E-state index is 0.891. The Morgan fingerprint density at radius 3 is 1.55 bits per heavy atom. The molecule has 284 valence electrons. The van der Waals surface area contributed by atoms with E-state index >= 15 is 0 Å². The van der Waals surface area contributed by atoms with Crippen LogP contribution in [0.15, 0.2) is 204 Å². The summed E-state index contributed by atoms with van der Waals surface area (Å²) in [7, 11) is 0. The average molecular weight is 901 g/mol. The van der Waals surface area contributed by atoms with Gasteiger partial charge in [-0.2, -0.15) is 0 Å². The van der Waals surface area contributed by atoms with Crippen molar-refractivity contribution in [2.24, 2.45) is 0 Å². The number of para-hydroxylation sites is 1. The molecule has 0 aliphatic carbocycles. The van der Waals surface area contributed by atoms with E-state index in [0.717, 1.165) is 53.9 Å². The maximum absolute atomic E-state index is 4.86. The van der Waals surface area contributed by atoms with E-state index in [4.69, 9.17) is 9.97 Å². The molecular formula is C52H32Br2N6. The van der Waals surface area contributed by atoms with Crippen LogP contribution in [0.25, 0.3) is 99.0 Å². The summed E-state index contributed by atoms with van der Waals surface area (Å²) in [5.74, 6) is 1.81. The number of aromatic nitrogens is 6. The van der Waals surface area contributed by atoms with Gasteiger partial charge in [-0.3, -0.25) is 19.1 Å². The zero-order valence-corrected chi connectivity index (χ0v) is 35.1. The second-order valence-corrected chi connectivity index (χ2v) is 16.4. The number of benzene rings is 6. The average Bonchev–Trinajstić information content (AvgIpc) is 3.83. The van der Waals surface area contributed by atoms with Gasteiger partial charge in [0.15, 0.2) is 0 Å². The predicted octanol–water partition coefficient (Wildman–Crippen LogP) is 14.3. The van der Waals surface area contributed by atoms with Crippen molar-refractivity contribution in [3.05, 3.63) is 204 Å². The maximum atomic E-state index is 4.86. The zero-order valence-electron chi connectivity index (χ0n) is 31.9. The first-order valence-corrected chi connectivity index (χ1v) is 21.1. The number of nitrogens with zero attached hydrogens (tertiary/aromatic N) is 6. The predicted molar refractivity (Wildman–Crippen MR) is 254 cm³/mol. The number of rotatable bonds is 4. The lowest BCUT2D eigenvalue weighted by Gasteiger charge is -2.10. The lowest BCUT2D eigenvalue weighted by atomic mass is 10.1. The van der Waals surface area contributed by atoms with Gasteiger partial charge in [0.25, 0.3) is 0 Å². The van der Waals surface area contributed by atoms with Gasteiger partial charge in [-0.25, -0.2) is 9.97 Å². The van der Waals surface area contributed by atoms with Crippen molar-refractivity contribution < 1.29 is 0 Å². The van der Waals surface area contributed by atoms with Crippen molar-refractivity contribution in [1.29, 1.82) is 0 Å². The molecule has 60 heavy (non-hydrogen) atoms. The lowest BCUT2D eigenvalue weighted by Crippen LogP contribution is -1.98. The first-order chi connectivity index (χ1) is 29.6. The van der Waals surface area contributed by atoms with Crippen LogP contribution in [0.2, 0.25) is 0 Å². The molecule has 0 fully saturated rings. The van der Waals surface area contributed by atoms with E-state index in [2.05, 4.69) is 190 Å². The smallest absolute Gasteiger partial charge is 0.137 e. The van der Waals surface area contributed by atoms with Gasteiger partial charge < -0.3 is 0 Å². The SMILES string of the molecule is Brc1ccc2c(c1)c1cc(Br)c3ccccc3c1n2-c1ccc(-c2cccnc2)cn1.c1cncc(-c2ccc(-n3c4ccccc4c4ccc5ccccc5c43)nc2)c1. The number of pyridine rings is 4. The summed E-state index contributed by atoms with van der Waals surface area (Å²) in [6, 6.07) is 55.0. The highest BCUT2D eigenvalue weighted by molar-refractivity contribution is 9.11. The Balaban J connectivity index is 0.000000136. The largest absolute Gasteiger partial charge is 0.293 e.